The molecule has 0 aliphatic carbocycles. The summed E-state index contributed by atoms with van der Waals surface area (Å²) < 4.78 is 15.2. The number of rotatable bonds is 6. The molecule has 0 aliphatic heterocycles. The maximum Gasteiger partial charge on any atom is 0.220 e. The molecule has 1 heterocycles. The van der Waals surface area contributed by atoms with Crippen LogP contribution in [0.25, 0.3) is 0 Å². The van der Waals surface area contributed by atoms with Gasteiger partial charge in [0.05, 0.1) is 0 Å². The van der Waals surface area contributed by atoms with Gasteiger partial charge in [0, 0.05) is 30.9 Å². The fourth-order valence-corrected chi connectivity index (χ4v) is 2.40. The van der Waals surface area contributed by atoms with Crippen molar-refractivity contribution in [3.63, 3.8) is 0 Å². The number of carbonyl (C=O) groups excluding carboxylic acids is 1. The topological polar surface area (TPSA) is 34.0 Å². The summed E-state index contributed by atoms with van der Waals surface area (Å²) in [4.78, 5) is 11.8. The van der Waals surface area contributed by atoms with Gasteiger partial charge >= 0.3 is 0 Å². The molecule has 0 saturated heterocycles. The molecule has 0 saturated carbocycles. The number of aryl methyl sites for hydroxylation is 3. The van der Waals surface area contributed by atoms with E-state index in [-0.39, 0.29) is 11.7 Å². The largest absolute Gasteiger partial charge is 0.354 e. The molecule has 0 radical (unpaired) electrons. The van der Waals surface area contributed by atoms with Crippen LogP contribution in [0.5, 0.6) is 0 Å². The van der Waals surface area contributed by atoms with Crippen molar-refractivity contribution in [1.29, 1.82) is 0 Å². The van der Waals surface area contributed by atoms with Crippen molar-refractivity contribution < 1.29 is 9.18 Å². The van der Waals surface area contributed by atoms with E-state index in [4.69, 9.17) is 0 Å². The zero-order chi connectivity index (χ0) is 15.2. The van der Waals surface area contributed by atoms with Crippen molar-refractivity contribution in [2.75, 3.05) is 6.54 Å². The molecule has 4 heteroatoms. The van der Waals surface area contributed by atoms with E-state index >= 15 is 0 Å². The number of halogens is 1. The normalized spacial score (nSPS) is 10.6. The highest BCUT2D eigenvalue weighted by Gasteiger charge is 2.04. The van der Waals surface area contributed by atoms with E-state index in [1.807, 2.05) is 6.07 Å². The predicted octanol–water partition coefficient (Wildman–Crippen LogP) is 2.99. The second-order valence-electron chi connectivity index (χ2n) is 5.25. The van der Waals surface area contributed by atoms with Crippen molar-refractivity contribution >= 4 is 5.91 Å². The summed E-state index contributed by atoms with van der Waals surface area (Å²) in [6.45, 7) is 5.49. The molecule has 0 atom stereocenters. The van der Waals surface area contributed by atoms with Gasteiger partial charge in [0.25, 0.3) is 0 Å². The first-order valence-electron chi connectivity index (χ1n) is 7.20. The van der Waals surface area contributed by atoms with Gasteiger partial charge < -0.3 is 9.88 Å². The molecule has 0 unspecified atom stereocenters. The fourth-order valence-electron chi connectivity index (χ4n) is 2.40. The third kappa shape index (κ3) is 4.45. The minimum absolute atomic E-state index is 0.00160. The third-order valence-electron chi connectivity index (χ3n) is 3.60. The lowest BCUT2D eigenvalue weighted by molar-refractivity contribution is -0.121. The van der Waals surface area contributed by atoms with E-state index in [2.05, 4.69) is 35.9 Å². The Kier molecular flexibility index (Phi) is 5.14. The summed E-state index contributed by atoms with van der Waals surface area (Å²) >= 11 is 0. The highest BCUT2D eigenvalue weighted by atomic mass is 19.1. The number of benzene rings is 1. The van der Waals surface area contributed by atoms with Crippen molar-refractivity contribution in [2.24, 2.45) is 0 Å². The average molecular weight is 288 g/mol. The van der Waals surface area contributed by atoms with Crippen LogP contribution < -0.4 is 5.32 Å². The Balaban J connectivity index is 1.73. The lowest BCUT2D eigenvalue weighted by atomic mass is 10.1. The quantitative estimate of drug-likeness (QED) is 0.871. The third-order valence-corrected chi connectivity index (χ3v) is 3.60. The first kappa shape index (κ1) is 15.3. The Bertz CT molecular complexity index is 600. The molecule has 0 spiro atoms. The second kappa shape index (κ2) is 7.07. The molecular formula is C17H21FN2O. The summed E-state index contributed by atoms with van der Waals surface area (Å²) in [7, 11) is 0. The van der Waals surface area contributed by atoms with Crippen LogP contribution in [-0.2, 0) is 17.8 Å². The van der Waals surface area contributed by atoms with Crippen LogP contribution in [0, 0.1) is 19.7 Å². The Labute approximate surface area is 124 Å². The minimum Gasteiger partial charge on any atom is -0.354 e. The SMILES string of the molecule is Cc1ccc(C)n1CCNC(=O)CCc1cccc(F)c1. The van der Waals surface area contributed by atoms with Gasteiger partial charge in [-0.25, -0.2) is 4.39 Å². The molecule has 112 valence electrons. The van der Waals surface area contributed by atoms with Crippen molar-refractivity contribution in [3.8, 4) is 0 Å². The van der Waals surface area contributed by atoms with E-state index in [1.165, 1.54) is 23.5 Å². The first-order valence-corrected chi connectivity index (χ1v) is 7.20. The van der Waals surface area contributed by atoms with Gasteiger partial charge in [0.15, 0.2) is 0 Å². The minimum atomic E-state index is -0.258. The molecule has 21 heavy (non-hydrogen) atoms. The fraction of sp³-hybridized carbons (Fsp3) is 0.353. The molecule has 1 aromatic heterocycles. The Hall–Kier alpha value is -2.10. The summed E-state index contributed by atoms with van der Waals surface area (Å²) in [6.07, 6.45) is 0.943. The molecule has 2 aromatic rings. The van der Waals surface area contributed by atoms with Gasteiger partial charge in [-0.3, -0.25) is 4.79 Å². The molecule has 2 rings (SSSR count). The molecular weight excluding hydrogens is 267 g/mol. The summed E-state index contributed by atoms with van der Waals surface area (Å²) in [5.74, 6) is -0.256. The zero-order valence-electron chi connectivity index (χ0n) is 12.5. The summed E-state index contributed by atoms with van der Waals surface area (Å²) in [5.41, 5.74) is 3.24. The molecule has 1 amide bonds. The zero-order valence-corrected chi connectivity index (χ0v) is 12.5. The number of aromatic nitrogens is 1. The van der Waals surface area contributed by atoms with Crippen molar-refractivity contribution in [1.82, 2.24) is 9.88 Å². The van der Waals surface area contributed by atoms with E-state index in [0.717, 1.165) is 12.1 Å². The Morgan fingerprint density at radius 2 is 1.90 bits per heavy atom. The van der Waals surface area contributed by atoms with Gasteiger partial charge in [0.1, 0.15) is 5.82 Å². The number of hydrogen-bond acceptors (Lipinski definition) is 1. The standard InChI is InChI=1S/C17H21FN2O/c1-13-6-7-14(2)20(13)11-10-19-17(21)9-8-15-4-3-5-16(18)12-15/h3-7,12H,8-11H2,1-2H3,(H,19,21). The number of nitrogens with zero attached hydrogens (tertiary/aromatic N) is 1. The lowest BCUT2D eigenvalue weighted by Crippen LogP contribution is -2.27. The van der Waals surface area contributed by atoms with Gasteiger partial charge in [0.2, 0.25) is 5.91 Å². The molecule has 1 aromatic carbocycles. The number of hydrogen-bond donors (Lipinski definition) is 1. The predicted molar refractivity (Wildman–Crippen MR) is 81.6 cm³/mol. The summed E-state index contributed by atoms with van der Waals surface area (Å²) in [5, 5.41) is 2.91. The molecule has 0 fully saturated rings. The maximum atomic E-state index is 13.0. The highest BCUT2D eigenvalue weighted by molar-refractivity contribution is 5.76. The Morgan fingerprint density at radius 3 is 2.57 bits per heavy atom. The van der Waals surface area contributed by atoms with Gasteiger partial charge in [-0.15, -0.1) is 0 Å². The smallest absolute Gasteiger partial charge is 0.220 e. The highest BCUT2D eigenvalue weighted by Crippen LogP contribution is 2.07. The maximum absolute atomic E-state index is 13.0. The average Bonchev–Trinajstić information content (AvgIpc) is 2.77. The number of amides is 1. The lowest BCUT2D eigenvalue weighted by Gasteiger charge is -2.10. The van der Waals surface area contributed by atoms with Crippen LogP contribution >= 0.6 is 0 Å². The van der Waals surface area contributed by atoms with Crippen LogP contribution in [0.1, 0.15) is 23.4 Å². The van der Waals surface area contributed by atoms with Crippen molar-refractivity contribution in [2.45, 2.75) is 33.2 Å². The van der Waals surface area contributed by atoms with E-state index < -0.39 is 0 Å². The van der Waals surface area contributed by atoms with Crippen LogP contribution in [0.4, 0.5) is 4.39 Å². The van der Waals surface area contributed by atoms with E-state index in [0.29, 0.717) is 19.4 Å². The molecule has 0 bridgehead atoms. The van der Waals surface area contributed by atoms with Crippen molar-refractivity contribution in [3.05, 3.63) is 59.2 Å². The van der Waals surface area contributed by atoms with Crippen LogP contribution in [0.15, 0.2) is 36.4 Å². The number of nitrogens with one attached hydrogen (secondary N) is 1. The van der Waals surface area contributed by atoms with Crippen LogP contribution in [0.2, 0.25) is 0 Å². The monoisotopic (exact) mass is 288 g/mol. The van der Waals surface area contributed by atoms with E-state index in [1.54, 1.807) is 6.07 Å². The van der Waals surface area contributed by atoms with Gasteiger partial charge in [-0.1, -0.05) is 12.1 Å². The van der Waals surface area contributed by atoms with Gasteiger partial charge in [-0.05, 0) is 50.1 Å². The molecule has 1 N–H and O–H groups in total. The van der Waals surface area contributed by atoms with E-state index in [9.17, 15) is 9.18 Å². The Morgan fingerprint density at radius 1 is 1.19 bits per heavy atom. The summed E-state index contributed by atoms with van der Waals surface area (Å²) in [6, 6.07) is 10.5. The first-order chi connectivity index (χ1) is 10.1. The van der Waals surface area contributed by atoms with Crippen LogP contribution in [0.3, 0.4) is 0 Å². The second-order valence-corrected chi connectivity index (χ2v) is 5.25. The molecule has 0 aliphatic rings. The van der Waals surface area contributed by atoms with Gasteiger partial charge in [-0.2, -0.15) is 0 Å². The van der Waals surface area contributed by atoms with Crippen LogP contribution in [-0.4, -0.2) is 17.0 Å². The number of carbonyl (C=O) groups is 1. The molecule has 3 nitrogen and oxygen atoms in total.